The summed E-state index contributed by atoms with van der Waals surface area (Å²) in [7, 11) is 1.98. The molecular weight excluding hydrogens is 288 g/mol. The van der Waals surface area contributed by atoms with Crippen LogP contribution in [0.4, 0.5) is 5.69 Å². The fourth-order valence-corrected chi connectivity index (χ4v) is 3.14. The number of hydrogen-bond donors (Lipinski definition) is 1. The topological polar surface area (TPSA) is 15.3 Å². The Morgan fingerprint density at radius 3 is 2.78 bits per heavy atom. The van der Waals surface area contributed by atoms with Gasteiger partial charge in [0.2, 0.25) is 0 Å². The molecule has 1 N–H and O–H groups in total. The van der Waals surface area contributed by atoms with Crippen LogP contribution in [0.25, 0.3) is 0 Å². The second-order valence-electron chi connectivity index (χ2n) is 5.54. The molecule has 18 heavy (non-hydrogen) atoms. The van der Waals surface area contributed by atoms with Crippen LogP contribution in [0.1, 0.15) is 25.8 Å². The van der Waals surface area contributed by atoms with Crippen molar-refractivity contribution in [3.63, 3.8) is 0 Å². The molecule has 1 aliphatic rings. The average Bonchev–Trinajstić information content (AvgIpc) is 2.81. The van der Waals surface area contributed by atoms with Crippen LogP contribution in [0.5, 0.6) is 0 Å². The highest BCUT2D eigenvalue weighted by Crippen LogP contribution is 2.30. The van der Waals surface area contributed by atoms with Crippen LogP contribution in [-0.2, 0) is 6.54 Å². The van der Waals surface area contributed by atoms with E-state index in [0.29, 0.717) is 0 Å². The second-order valence-corrected chi connectivity index (χ2v) is 6.40. The van der Waals surface area contributed by atoms with Crippen LogP contribution < -0.4 is 10.2 Å². The van der Waals surface area contributed by atoms with E-state index in [4.69, 9.17) is 0 Å². The van der Waals surface area contributed by atoms with Crippen LogP contribution in [0.2, 0.25) is 0 Å². The standard InChI is InChI=1S/C15H23BrN2/c1-11(2)13-6-7-18(10-13)14-5-4-12(9-17-3)15(16)8-14/h4-5,8,11,13,17H,6-7,9-10H2,1-3H3. The fraction of sp³-hybridized carbons (Fsp3) is 0.600. The van der Waals surface area contributed by atoms with Crippen molar-refractivity contribution in [1.82, 2.24) is 5.32 Å². The Kier molecular flexibility index (Phi) is 4.68. The summed E-state index contributed by atoms with van der Waals surface area (Å²) in [6.07, 6.45) is 1.33. The molecule has 0 bridgehead atoms. The third-order valence-corrected chi connectivity index (χ3v) is 4.67. The summed E-state index contributed by atoms with van der Waals surface area (Å²) < 4.78 is 1.21. The Bertz CT molecular complexity index is 403. The molecule has 0 saturated carbocycles. The van der Waals surface area contributed by atoms with Gasteiger partial charge in [-0.15, -0.1) is 0 Å². The Balaban J connectivity index is 2.08. The number of anilines is 1. The lowest BCUT2D eigenvalue weighted by Gasteiger charge is -2.21. The predicted molar refractivity (Wildman–Crippen MR) is 82.1 cm³/mol. The number of rotatable bonds is 4. The Labute approximate surface area is 119 Å². The van der Waals surface area contributed by atoms with E-state index in [1.807, 2.05) is 7.05 Å². The molecule has 1 aromatic carbocycles. The Morgan fingerprint density at radius 2 is 2.22 bits per heavy atom. The van der Waals surface area contributed by atoms with Crippen molar-refractivity contribution in [2.45, 2.75) is 26.8 Å². The van der Waals surface area contributed by atoms with Crippen LogP contribution in [0.15, 0.2) is 22.7 Å². The van der Waals surface area contributed by atoms with Gasteiger partial charge >= 0.3 is 0 Å². The van der Waals surface area contributed by atoms with Crippen molar-refractivity contribution < 1.29 is 0 Å². The highest BCUT2D eigenvalue weighted by atomic mass is 79.9. The fourth-order valence-electron chi connectivity index (χ4n) is 2.63. The van der Waals surface area contributed by atoms with Crippen molar-refractivity contribution in [2.24, 2.45) is 11.8 Å². The van der Waals surface area contributed by atoms with E-state index in [2.05, 4.69) is 58.2 Å². The van der Waals surface area contributed by atoms with Crippen LogP contribution in [-0.4, -0.2) is 20.1 Å². The summed E-state index contributed by atoms with van der Waals surface area (Å²) >= 11 is 3.67. The summed E-state index contributed by atoms with van der Waals surface area (Å²) in [6, 6.07) is 6.73. The first-order valence-electron chi connectivity index (χ1n) is 6.79. The smallest absolute Gasteiger partial charge is 0.0377 e. The van der Waals surface area contributed by atoms with Gasteiger partial charge in [-0.3, -0.25) is 0 Å². The Morgan fingerprint density at radius 1 is 1.44 bits per heavy atom. The highest BCUT2D eigenvalue weighted by molar-refractivity contribution is 9.10. The van der Waals surface area contributed by atoms with Gasteiger partial charge in [0.15, 0.2) is 0 Å². The van der Waals surface area contributed by atoms with Gasteiger partial charge in [-0.2, -0.15) is 0 Å². The molecular formula is C15H23BrN2. The first-order valence-corrected chi connectivity index (χ1v) is 7.59. The van der Waals surface area contributed by atoms with Gasteiger partial charge in [0, 0.05) is 29.8 Å². The summed E-state index contributed by atoms with van der Waals surface area (Å²) in [6.45, 7) is 7.98. The molecule has 0 spiro atoms. The summed E-state index contributed by atoms with van der Waals surface area (Å²) in [5.41, 5.74) is 2.67. The minimum Gasteiger partial charge on any atom is -0.371 e. The van der Waals surface area contributed by atoms with E-state index >= 15 is 0 Å². The van der Waals surface area contributed by atoms with Crippen LogP contribution >= 0.6 is 15.9 Å². The van der Waals surface area contributed by atoms with E-state index in [0.717, 1.165) is 18.4 Å². The van der Waals surface area contributed by atoms with Gasteiger partial charge in [-0.1, -0.05) is 35.8 Å². The number of hydrogen-bond acceptors (Lipinski definition) is 2. The lowest BCUT2D eigenvalue weighted by molar-refractivity contribution is 0.423. The third kappa shape index (κ3) is 3.07. The van der Waals surface area contributed by atoms with Gasteiger partial charge < -0.3 is 10.2 Å². The molecule has 0 aliphatic carbocycles. The lowest BCUT2D eigenvalue weighted by atomic mass is 9.95. The normalized spacial score (nSPS) is 19.8. The summed E-state index contributed by atoms with van der Waals surface area (Å²) in [5, 5.41) is 3.19. The molecule has 3 heteroatoms. The van der Waals surface area contributed by atoms with Crippen LogP contribution in [0, 0.1) is 11.8 Å². The molecule has 1 atom stereocenters. The maximum absolute atomic E-state index is 3.67. The molecule has 100 valence electrons. The first-order chi connectivity index (χ1) is 8.61. The van der Waals surface area contributed by atoms with E-state index < -0.39 is 0 Å². The van der Waals surface area contributed by atoms with Crippen molar-refractivity contribution >= 4 is 21.6 Å². The SMILES string of the molecule is CNCc1ccc(N2CCC(C(C)C)C2)cc1Br. The van der Waals surface area contributed by atoms with Crippen molar-refractivity contribution in [2.75, 3.05) is 25.0 Å². The van der Waals surface area contributed by atoms with Crippen molar-refractivity contribution in [3.05, 3.63) is 28.2 Å². The molecule has 0 aromatic heterocycles. The van der Waals surface area contributed by atoms with E-state index in [-0.39, 0.29) is 0 Å². The van der Waals surface area contributed by atoms with Crippen molar-refractivity contribution in [3.8, 4) is 0 Å². The molecule has 1 aliphatic heterocycles. The van der Waals surface area contributed by atoms with Crippen LogP contribution in [0.3, 0.4) is 0 Å². The Hall–Kier alpha value is -0.540. The first kappa shape index (κ1) is 13.9. The van der Waals surface area contributed by atoms with Crippen molar-refractivity contribution in [1.29, 1.82) is 0 Å². The van der Waals surface area contributed by atoms with E-state index in [1.54, 1.807) is 0 Å². The average molecular weight is 311 g/mol. The zero-order valence-corrected chi connectivity index (χ0v) is 13.1. The quantitative estimate of drug-likeness (QED) is 0.913. The lowest BCUT2D eigenvalue weighted by Crippen LogP contribution is -2.21. The predicted octanol–water partition coefficient (Wildman–Crippen LogP) is 3.65. The summed E-state index contributed by atoms with van der Waals surface area (Å²) in [5.74, 6) is 1.64. The van der Waals surface area contributed by atoms with Gasteiger partial charge in [-0.05, 0) is 43.0 Å². The number of nitrogens with zero attached hydrogens (tertiary/aromatic N) is 1. The number of nitrogens with one attached hydrogen (secondary N) is 1. The maximum atomic E-state index is 3.67. The number of benzene rings is 1. The monoisotopic (exact) mass is 310 g/mol. The molecule has 2 nitrogen and oxygen atoms in total. The zero-order chi connectivity index (χ0) is 13.1. The molecule has 1 heterocycles. The van der Waals surface area contributed by atoms with E-state index in [1.165, 1.54) is 35.2 Å². The number of halogens is 1. The molecule has 1 saturated heterocycles. The minimum atomic E-state index is 0.794. The zero-order valence-electron chi connectivity index (χ0n) is 11.5. The molecule has 1 unspecified atom stereocenters. The van der Waals surface area contributed by atoms with Gasteiger partial charge in [0.25, 0.3) is 0 Å². The molecule has 0 radical (unpaired) electrons. The maximum Gasteiger partial charge on any atom is 0.0377 e. The van der Waals surface area contributed by atoms with Gasteiger partial charge in [0.05, 0.1) is 0 Å². The molecule has 1 fully saturated rings. The highest BCUT2D eigenvalue weighted by Gasteiger charge is 2.25. The third-order valence-electron chi connectivity index (χ3n) is 3.94. The molecule has 0 amide bonds. The minimum absolute atomic E-state index is 0.794. The van der Waals surface area contributed by atoms with Gasteiger partial charge in [0.1, 0.15) is 0 Å². The largest absolute Gasteiger partial charge is 0.371 e. The van der Waals surface area contributed by atoms with E-state index in [9.17, 15) is 0 Å². The van der Waals surface area contributed by atoms with Gasteiger partial charge in [-0.25, -0.2) is 0 Å². The molecule has 2 rings (SSSR count). The molecule has 1 aromatic rings. The second kappa shape index (κ2) is 6.07. The summed E-state index contributed by atoms with van der Waals surface area (Å²) in [4.78, 5) is 2.51.